The van der Waals surface area contributed by atoms with Crippen molar-refractivity contribution in [2.45, 2.75) is 84.5 Å². The van der Waals surface area contributed by atoms with Crippen LogP contribution in [-0.4, -0.2) is 86.1 Å². The summed E-state index contributed by atoms with van der Waals surface area (Å²) in [5.41, 5.74) is 5.09. The Bertz CT molecular complexity index is 2020. The molecule has 0 bridgehead atoms. The molecule has 0 saturated carbocycles. The summed E-state index contributed by atoms with van der Waals surface area (Å²) in [6.07, 6.45) is 6.43. The predicted octanol–water partition coefficient (Wildman–Crippen LogP) is 5.47. The second-order valence-electron chi connectivity index (χ2n) is 14.4. The van der Waals surface area contributed by atoms with E-state index in [4.69, 9.17) is 14.9 Å². The molecular weight excluding hydrogens is 672 g/mol. The number of benzene rings is 2. The summed E-state index contributed by atoms with van der Waals surface area (Å²) in [5.74, 6) is 7.63. The van der Waals surface area contributed by atoms with Gasteiger partial charge in [0.15, 0.2) is 0 Å². The molecule has 278 valence electrons. The van der Waals surface area contributed by atoms with Crippen LogP contribution in [0.3, 0.4) is 0 Å². The van der Waals surface area contributed by atoms with Gasteiger partial charge in [-0.25, -0.2) is 15.0 Å². The van der Waals surface area contributed by atoms with Crippen molar-refractivity contribution in [2.75, 3.05) is 20.2 Å². The summed E-state index contributed by atoms with van der Waals surface area (Å²) >= 11 is 0. The van der Waals surface area contributed by atoms with Crippen molar-refractivity contribution < 1.29 is 24.2 Å². The molecule has 4 heterocycles. The first kappa shape index (κ1) is 37.3. The number of aromatic nitrogens is 4. The molecule has 3 N–H and O–H groups in total. The number of amides is 3. The number of imidazole rings is 2. The number of carbonyl (C=O) groups is 3. The number of aliphatic imine (C=N–C) groups is 1. The third kappa shape index (κ3) is 8.44. The van der Waals surface area contributed by atoms with E-state index in [-0.39, 0.29) is 41.6 Å². The average Bonchev–Trinajstić information content (AvgIpc) is 3.96. The molecule has 0 aliphatic carbocycles. The summed E-state index contributed by atoms with van der Waals surface area (Å²) in [5, 5.41) is 2.82. The molecule has 0 unspecified atom stereocenters. The number of H-pyrrole nitrogens is 2. The maximum absolute atomic E-state index is 13.5. The Morgan fingerprint density at radius 3 is 2.23 bits per heavy atom. The van der Waals surface area contributed by atoms with Crippen LogP contribution in [0.4, 0.5) is 0 Å². The standard InChI is InChI=1S/C40H48N8O5/c1-24(2)35(42-23-53-52-6)39(50)48-20-8-10-34(48)38-44-30-18-15-28(21-31(30)45-38)12-11-27-13-16-29(17-14-27)32-22-41-37(46-32)33-9-7-19-47(33)40(51)36(25(3)4)43-26(5)49/h13-18,21-25,33-36H,7-10,19-20H2,1-6H3,(H,41,46)(H,43,49)(H,44,45)/b42-23-/t33-,34-,35-,36-/m0/s1. The second kappa shape index (κ2) is 16.5. The van der Waals surface area contributed by atoms with Gasteiger partial charge in [0.25, 0.3) is 0 Å². The Labute approximate surface area is 309 Å². The zero-order chi connectivity index (χ0) is 37.6. The second-order valence-corrected chi connectivity index (χ2v) is 14.4. The molecule has 2 aliphatic rings. The first-order valence-corrected chi connectivity index (χ1v) is 18.3. The number of carbonyl (C=O) groups excluding carboxylic acids is 3. The van der Waals surface area contributed by atoms with Gasteiger partial charge in [0, 0.05) is 42.9 Å². The molecule has 53 heavy (non-hydrogen) atoms. The van der Waals surface area contributed by atoms with E-state index in [2.05, 4.69) is 37.0 Å². The normalized spacial score (nSPS) is 18.5. The Morgan fingerprint density at radius 2 is 1.57 bits per heavy atom. The summed E-state index contributed by atoms with van der Waals surface area (Å²) in [4.78, 5) is 72.6. The lowest BCUT2D eigenvalue weighted by Crippen LogP contribution is -2.50. The summed E-state index contributed by atoms with van der Waals surface area (Å²) < 4.78 is 0. The molecule has 13 nitrogen and oxygen atoms in total. The van der Waals surface area contributed by atoms with Gasteiger partial charge in [-0.15, -0.1) is 0 Å². The number of rotatable bonds is 11. The van der Waals surface area contributed by atoms with Gasteiger partial charge in [0.2, 0.25) is 24.1 Å². The van der Waals surface area contributed by atoms with Crippen molar-refractivity contribution in [3.63, 3.8) is 0 Å². The van der Waals surface area contributed by atoms with E-state index in [0.29, 0.717) is 13.1 Å². The Hall–Kier alpha value is -5.48. The molecule has 2 aromatic heterocycles. The van der Waals surface area contributed by atoms with Gasteiger partial charge in [0.05, 0.1) is 35.9 Å². The molecule has 4 atom stereocenters. The summed E-state index contributed by atoms with van der Waals surface area (Å²) in [7, 11) is 1.39. The van der Waals surface area contributed by atoms with Gasteiger partial charge < -0.3 is 30.0 Å². The number of likely N-dealkylation sites (tertiary alicyclic amines) is 2. The van der Waals surface area contributed by atoms with Crippen molar-refractivity contribution >= 4 is 35.2 Å². The van der Waals surface area contributed by atoms with Gasteiger partial charge in [0.1, 0.15) is 23.7 Å². The lowest BCUT2D eigenvalue weighted by molar-refractivity contribution is -0.188. The smallest absolute Gasteiger partial charge is 0.248 e. The first-order valence-electron chi connectivity index (χ1n) is 18.3. The molecule has 6 rings (SSSR count). The van der Waals surface area contributed by atoms with Crippen LogP contribution in [0.2, 0.25) is 0 Å². The quantitative estimate of drug-likeness (QED) is 0.0610. The maximum Gasteiger partial charge on any atom is 0.248 e. The molecule has 2 fully saturated rings. The third-order valence-electron chi connectivity index (χ3n) is 9.87. The highest BCUT2D eigenvalue weighted by Crippen LogP contribution is 2.34. The molecular formula is C40H48N8O5. The van der Waals surface area contributed by atoms with Gasteiger partial charge in [-0.05, 0) is 67.9 Å². The van der Waals surface area contributed by atoms with Crippen LogP contribution in [0.1, 0.15) is 95.2 Å². The van der Waals surface area contributed by atoms with Crippen molar-refractivity contribution in [3.8, 4) is 23.1 Å². The first-order chi connectivity index (χ1) is 25.5. The maximum atomic E-state index is 13.5. The topological polar surface area (TPSA) is 158 Å². The van der Waals surface area contributed by atoms with E-state index in [9.17, 15) is 14.4 Å². The van der Waals surface area contributed by atoms with E-state index in [1.54, 1.807) is 0 Å². The minimum atomic E-state index is -0.580. The van der Waals surface area contributed by atoms with Crippen molar-refractivity contribution in [1.82, 2.24) is 35.1 Å². The molecule has 2 aliphatic heterocycles. The molecule has 13 heteroatoms. The summed E-state index contributed by atoms with van der Waals surface area (Å²) in [6, 6.07) is 12.3. The van der Waals surface area contributed by atoms with Crippen LogP contribution in [0, 0.1) is 23.7 Å². The lowest BCUT2D eigenvalue weighted by atomic mass is 10.0. The Balaban J connectivity index is 1.12. The highest BCUT2D eigenvalue weighted by molar-refractivity contribution is 5.87. The van der Waals surface area contributed by atoms with Crippen LogP contribution >= 0.6 is 0 Å². The summed E-state index contributed by atoms with van der Waals surface area (Å²) in [6.45, 7) is 10.5. The Morgan fingerprint density at radius 1 is 0.906 bits per heavy atom. The zero-order valence-electron chi connectivity index (χ0n) is 31.2. The number of hydrogen-bond acceptors (Lipinski definition) is 8. The van der Waals surface area contributed by atoms with Crippen molar-refractivity contribution in [3.05, 3.63) is 71.4 Å². The van der Waals surface area contributed by atoms with E-state index in [1.807, 2.05) is 86.2 Å². The fraction of sp³-hybridized carbons (Fsp3) is 0.450. The largest absolute Gasteiger partial charge is 0.346 e. The number of fused-ring (bicyclic) bond motifs is 1. The highest BCUT2D eigenvalue weighted by Gasteiger charge is 2.38. The van der Waals surface area contributed by atoms with Crippen molar-refractivity contribution in [2.24, 2.45) is 16.8 Å². The van der Waals surface area contributed by atoms with Crippen molar-refractivity contribution in [1.29, 1.82) is 0 Å². The third-order valence-corrected chi connectivity index (χ3v) is 9.87. The lowest BCUT2D eigenvalue weighted by Gasteiger charge is -2.30. The van der Waals surface area contributed by atoms with Gasteiger partial charge in [-0.1, -0.05) is 51.7 Å². The van der Waals surface area contributed by atoms with Crippen LogP contribution in [0.5, 0.6) is 0 Å². The number of nitrogens with zero attached hydrogens (tertiary/aromatic N) is 5. The van der Waals surface area contributed by atoms with Crippen LogP contribution in [-0.2, 0) is 24.2 Å². The minimum Gasteiger partial charge on any atom is -0.346 e. The number of hydrogen-bond donors (Lipinski definition) is 3. The van der Waals surface area contributed by atoms with E-state index in [0.717, 1.165) is 70.7 Å². The minimum absolute atomic E-state index is 0.0144. The van der Waals surface area contributed by atoms with E-state index < -0.39 is 12.1 Å². The fourth-order valence-corrected chi connectivity index (χ4v) is 7.15. The molecule has 3 amide bonds. The van der Waals surface area contributed by atoms with E-state index >= 15 is 0 Å². The molecule has 0 spiro atoms. The van der Waals surface area contributed by atoms with Gasteiger partial charge in [-0.2, -0.15) is 4.89 Å². The molecule has 0 radical (unpaired) electrons. The number of aromatic amines is 2. The van der Waals surface area contributed by atoms with E-state index in [1.165, 1.54) is 20.4 Å². The van der Waals surface area contributed by atoms with Gasteiger partial charge >= 0.3 is 0 Å². The predicted molar refractivity (Wildman–Crippen MR) is 201 cm³/mol. The SMILES string of the molecule is COO/C=N\[C@H](C(=O)N1CCC[C@H]1c1nc2cc(C#Cc3ccc(-c4c[nH]c([C@@H]5CCCN5C(=O)[C@@H](NC(C)=O)C(C)C)n4)cc3)ccc2[nH]1)C(C)C. The zero-order valence-corrected chi connectivity index (χ0v) is 31.2. The molecule has 2 aromatic carbocycles. The van der Waals surface area contributed by atoms with Crippen LogP contribution in [0.15, 0.2) is 53.7 Å². The highest BCUT2D eigenvalue weighted by atomic mass is 17.2. The number of nitrogens with one attached hydrogen (secondary N) is 3. The van der Waals surface area contributed by atoms with Crippen LogP contribution in [0.25, 0.3) is 22.3 Å². The average molecular weight is 721 g/mol. The fourth-order valence-electron chi connectivity index (χ4n) is 7.15. The van der Waals surface area contributed by atoms with Gasteiger partial charge in [-0.3, -0.25) is 14.4 Å². The monoisotopic (exact) mass is 720 g/mol. The molecule has 2 saturated heterocycles. The molecule has 4 aromatic rings. The Kier molecular flexibility index (Phi) is 11.6. The van der Waals surface area contributed by atoms with Crippen LogP contribution < -0.4 is 5.32 Å².